The molecule has 24 heavy (non-hydrogen) atoms. The molecule has 1 saturated heterocycles. The fourth-order valence-corrected chi connectivity index (χ4v) is 2.76. The zero-order chi connectivity index (χ0) is 17.4. The molecular weight excluding hydrogens is 302 g/mol. The van der Waals surface area contributed by atoms with Gasteiger partial charge in [0.25, 0.3) is 5.56 Å². The lowest BCUT2D eigenvalue weighted by molar-refractivity contribution is 0.142. The summed E-state index contributed by atoms with van der Waals surface area (Å²) in [5.74, 6) is 0.396. The molecule has 130 valence electrons. The Balaban J connectivity index is 0.000000249. The van der Waals surface area contributed by atoms with Gasteiger partial charge in [-0.1, -0.05) is 25.1 Å². The SMILES string of the molecule is C=CCC(C)Cn1cnc2ccccc2c1=O.OC1CCCNC1. The van der Waals surface area contributed by atoms with E-state index in [9.17, 15) is 4.79 Å². The lowest BCUT2D eigenvalue weighted by atomic mass is 10.1. The van der Waals surface area contributed by atoms with Crippen molar-refractivity contribution < 1.29 is 5.11 Å². The number of β-amino-alcohol motifs (C(OH)–C–C–N with tert-alkyl or cyclic N) is 1. The van der Waals surface area contributed by atoms with Gasteiger partial charge in [0.1, 0.15) is 0 Å². The fourth-order valence-electron chi connectivity index (χ4n) is 2.76. The van der Waals surface area contributed by atoms with E-state index in [0.717, 1.165) is 37.9 Å². The van der Waals surface area contributed by atoms with Gasteiger partial charge >= 0.3 is 0 Å². The van der Waals surface area contributed by atoms with Crippen molar-refractivity contribution in [2.24, 2.45) is 5.92 Å². The number of fused-ring (bicyclic) bond motifs is 1. The van der Waals surface area contributed by atoms with Crippen LogP contribution < -0.4 is 10.9 Å². The zero-order valence-electron chi connectivity index (χ0n) is 14.3. The molecule has 5 heteroatoms. The third kappa shape index (κ3) is 5.28. The van der Waals surface area contributed by atoms with Crippen LogP contribution in [0.3, 0.4) is 0 Å². The second-order valence-electron chi connectivity index (χ2n) is 6.35. The highest BCUT2D eigenvalue weighted by Crippen LogP contribution is 2.08. The van der Waals surface area contributed by atoms with Crippen molar-refractivity contribution in [1.29, 1.82) is 0 Å². The van der Waals surface area contributed by atoms with Gasteiger partial charge < -0.3 is 10.4 Å². The van der Waals surface area contributed by atoms with E-state index in [-0.39, 0.29) is 11.7 Å². The Morgan fingerprint density at radius 3 is 2.92 bits per heavy atom. The van der Waals surface area contributed by atoms with E-state index in [4.69, 9.17) is 5.11 Å². The molecule has 1 aromatic carbocycles. The van der Waals surface area contributed by atoms with Gasteiger partial charge in [0.2, 0.25) is 0 Å². The van der Waals surface area contributed by atoms with Gasteiger partial charge in [-0.05, 0) is 43.9 Å². The monoisotopic (exact) mass is 329 g/mol. The van der Waals surface area contributed by atoms with Crippen LogP contribution in [-0.2, 0) is 6.54 Å². The average molecular weight is 329 g/mol. The summed E-state index contributed by atoms with van der Waals surface area (Å²) in [5.41, 5.74) is 0.789. The molecule has 0 saturated carbocycles. The highest BCUT2D eigenvalue weighted by atomic mass is 16.3. The molecule has 0 bridgehead atoms. The molecule has 5 nitrogen and oxygen atoms in total. The van der Waals surface area contributed by atoms with E-state index in [1.165, 1.54) is 0 Å². The van der Waals surface area contributed by atoms with Crippen LogP contribution in [0.1, 0.15) is 26.2 Å². The Bertz CT molecular complexity index is 705. The predicted molar refractivity (Wildman–Crippen MR) is 98.1 cm³/mol. The first-order valence-corrected chi connectivity index (χ1v) is 8.55. The van der Waals surface area contributed by atoms with E-state index in [0.29, 0.717) is 17.8 Å². The van der Waals surface area contributed by atoms with E-state index in [1.807, 2.05) is 30.3 Å². The molecule has 0 spiro atoms. The number of aromatic nitrogens is 2. The number of benzene rings is 1. The molecule has 1 aliphatic heterocycles. The van der Waals surface area contributed by atoms with E-state index in [1.54, 1.807) is 10.9 Å². The summed E-state index contributed by atoms with van der Waals surface area (Å²) in [6.07, 6.45) is 6.44. The Morgan fingerprint density at radius 1 is 1.50 bits per heavy atom. The predicted octanol–water partition coefficient (Wildman–Crippen LogP) is 2.34. The van der Waals surface area contributed by atoms with Crippen molar-refractivity contribution in [3.05, 3.63) is 53.6 Å². The largest absolute Gasteiger partial charge is 0.392 e. The van der Waals surface area contributed by atoms with Gasteiger partial charge in [-0.3, -0.25) is 9.36 Å². The molecule has 3 rings (SSSR count). The van der Waals surface area contributed by atoms with Gasteiger partial charge in [0, 0.05) is 13.1 Å². The Morgan fingerprint density at radius 2 is 2.29 bits per heavy atom. The van der Waals surface area contributed by atoms with E-state index < -0.39 is 0 Å². The standard InChI is InChI=1S/C14H16N2O.C5H11NO/c1-3-6-11(2)9-16-10-15-13-8-5-4-7-12(13)14(16)17;7-5-2-1-3-6-4-5/h3-5,7-8,10-11H,1,6,9H2,2H3;5-7H,1-4H2. The number of para-hydroxylation sites is 1. The molecule has 1 aliphatic rings. The number of hydrogen-bond acceptors (Lipinski definition) is 4. The highest BCUT2D eigenvalue weighted by molar-refractivity contribution is 5.76. The number of nitrogens with zero attached hydrogens (tertiary/aromatic N) is 2. The van der Waals surface area contributed by atoms with Gasteiger partial charge in [-0.15, -0.1) is 6.58 Å². The number of aliphatic hydroxyl groups is 1. The molecule has 1 aromatic heterocycles. The smallest absolute Gasteiger partial charge is 0.261 e. The normalized spacial score (nSPS) is 18.5. The third-order valence-electron chi connectivity index (χ3n) is 4.08. The Labute approximate surface area is 143 Å². The summed E-state index contributed by atoms with van der Waals surface area (Å²) >= 11 is 0. The van der Waals surface area contributed by atoms with Gasteiger partial charge in [-0.25, -0.2) is 4.98 Å². The maximum Gasteiger partial charge on any atom is 0.261 e. The van der Waals surface area contributed by atoms with Crippen LogP contribution in [0.15, 0.2) is 48.0 Å². The van der Waals surface area contributed by atoms with Crippen molar-refractivity contribution in [2.75, 3.05) is 13.1 Å². The van der Waals surface area contributed by atoms with Crippen LogP contribution in [0.25, 0.3) is 10.9 Å². The molecule has 2 N–H and O–H groups in total. The van der Waals surface area contributed by atoms with Crippen molar-refractivity contribution >= 4 is 10.9 Å². The first kappa shape index (κ1) is 18.4. The quantitative estimate of drug-likeness (QED) is 0.845. The number of allylic oxidation sites excluding steroid dienone is 1. The molecule has 2 aromatic rings. The third-order valence-corrected chi connectivity index (χ3v) is 4.08. The maximum atomic E-state index is 12.2. The van der Waals surface area contributed by atoms with Crippen molar-refractivity contribution in [3.63, 3.8) is 0 Å². The first-order chi connectivity index (χ1) is 11.6. The topological polar surface area (TPSA) is 67.2 Å². The molecule has 0 amide bonds. The molecule has 0 radical (unpaired) electrons. The van der Waals surface area contributed by atoms with Crippen LogP contribution in [-0.4, -0.2) is 33.9 Å². The minimum Gasteiger partial charge on any atom is -0.392 e. The number of nitrogens with one attached hydrogen (secondary N) is 1. The summed E-state index contributed by atoms with van der Waals surface area (Å²) in [4.78, 5) is 16.5. The fraction of sp³-hybridized carbons (Fsp3) is 0.474. The lowest BCUT2D eigenvalue weighted by Crippen LogP contribution is -2.33. The minimum absolute atomic E-state index is 0.0338. The lowest BCUT2D eigenvalue weighted by Gasteiger charge is -2.16. The van der Waals surface area contributed by atoms with Crippen LogP contribution in [0.2, 0.25) is 0 Å². The van der Waals surface area contributed by atoms with Crippen LogP contribution in [0, 0.1) is 5.92 Å². The van der Waals surface area contributed by atoms with E-state index in [2.05, 4.69) is 23.8 Å². The van der Waals surface area contributed by atoms with Crippen LogP contribution in [0.4, 0.5) is 0 Å². The molecule has 2 atom stereocenters. The zero-order valence-corrected chi connectivity index (χ0v) is 14.3. The van der Waals surface area contributed by atoms with Crippen molar-refractivity contribution in [3.8, 4) is 0 Å². The summed E-state index contributed by atoms with van der Waals surface area (Å²) in [7, 11) is 0. The number of rotatable bonds is 4. The second kappa shape index (κ2) is 9.35. The number of piperidine rings is 1. The number of aliphatic hydroxyl groups excluding tert-OH is 1. The van der Waals surface area contributed by atoms with E-state index >= 15 is 0 Å². The van der Waals surface area contributed by atoms with Gasteiger partial charge in [0.05, 0.1) is 23.3 Å². The van der Waals surface area contributed by atoms with Crippen molar-refractivity contribution in [2.45, 2.75) is 38.8 Å². The highest BCUT2D eigenvalue weighted by Gasteiger charge is 2.07. The summed E-state index contributed by atoms with van der Waals surface area (Å²) < 4.78 is 1.68. The maximum absolute atomic E-state index is 12.2. The average Bonchev–Trinajstić information content (AvgIpc) is 2.59. The molecule has 1 fully saturated rings. The first-order valence-electron chi connectivity index (χ1n) is 8.55. The Kier molecular flexibility index (Phi) is 7.15. The second-order valence-corrected chi connectivity index (χ2v) is 6.35. The summed E-state index contributed by atoms with van der Waals surface area (Å²) in [6.45, 7) is 8.37. The number of hydrogen-bond donors (Lipinski definition) is 2. The van der Waals surface area contributed by atoms with Crippen molar-refractivity contribution in [1.82, 2.24) is 14.9 Å². The molecule has 2 heterocycles. The van der Waals surface area contributed by atoms with Gasteiger partial charge in [-0.2, -0.15) is 0 Å². The molecule has 2 unspecified atom stereocenters. The Hall–Kier alpha value is -1.98. The summed E-state index contributed by atoms with van der Waals surface area (Å²) in [6, 6.07) is 7.43. The minimum atomic E-state index is -0.0752. The van der Waals surface area contributed by atoms with Gasteiger partial charge in [0.15, 0.2) is 0 Å². The van der Waals surface area contributed by atoms with Crippen LogP contribution >= 0.6 is 0 Å². The van der Waals surface area contributed by atoms with Crippen LogP contribution in [0.5, 0.6) is 0 Å². The molecular formula is C19H27N3O2. The molecule has 0 aliphatic carbocycles. The summed E-state index contributed by atoms with van der Waals surface area (Å²) in [5, 5.41) is 12.6.